The van der Waals surface area contributed by atoms with Gasteiger partial charge < -0.3 is 13.9 Å². The zero-order valence-electron chi connectivity index (χ0n) is 19.5. The van der Waals surface area contributed by atoms with E-state index in [2.05, 4.69) is 20.3 Å². The fraction of sp³-hybridized carbons (Fsp3) is 0.240. The first-order chi connectivity index (χ1) is 16.3. The van der Waals surface area contributed by atoms with Gasteiger partial charge in [-0.15, -0.1) is 0 Å². The van der Waals surface area contributed by atoms with E-state index in [1.807, 2.05) is 45.0 Å². The number of anilines is 1. The molecule has 34 heavy (non-hydrogen) atoms. The quantitative estimate of drug-likeness (QED) is 0.456. The lowest BCUT2D eigenvalue weighted by Crippen LogP contribution is -2.31. The van der Waals surface area contributed by atoms with Crippen molar-refractivity contribution in [2.75, 3.05) is 12.4 Å². The Labute approximate surface area is 197 Å². The molecular formula is C25H26N6O3. The number of urea groups is 1. The van der Waals surface area contributed by atoms with Gasteiger partial charge in [0.15, 0.2) is 5.76 Å². The third kappa shape index (κ3) is 5.03. The summed E-state index contributed by atoms with van der Waals surface area (Å²) >= 11 is 0. The van der Waals surface area contributed by atoms with Gasteiger partial charge in [0.2, 0.25) is 5.95 Å². The molecule has 9 nitrogen and oxygen atoms in total. The summed E-state index contributed by atoms with van der Waals surface area (Å²) in [5.74, 6) is 1.42. The molecule has 4 rings (SSSR count). The van der Waals surface area contributed by atoms with Crippen molar-refractivity contribution in [1.82, 2.24) is 24.4 Å². The molecule has 0 bridgehead atoms. The maximum Gasteiger partial charge on any atom is 0.324 e. The van der Waals surface area contributed by atoms with Gasteiger partial charge in [-0.05, 0) is 56.7 Å². The van der Waals surface area contributed by atoms with Gasteiger partial charge in [0.05, 0.1) is 0 Å². The fourth-order valence-corrected chi connectivity index (χ4v) is 3.49. The molecule has 1 N–H and O–H groups in total. The normalized spacial score (nSPS) is 11.0. The van der Waals surface area contributed by atoms with Gasteiger partial charge in [0.1, 0.15) is 11.5 Å². The van der Waals surface area contributed by atoms with Gasteiger partial charge in [-0.2, -0.15) is 0 Å². The Hall–Kier alpha value is -4.27. The van der Waals surface area contributed by atoms with Gasteiger partial charge >= 0.3 is 6.03 Å². The number of hydrogen-bond donors (Lipinski definition) is 1. The Morgan fingerprint density at radius 3 is 2.59 bits per heavy atom. The van der Waals surface area contributed by atoms with Crippen LogP contribution in [0.15, 0.2) is 70.4 Å². The highest BCUT2D eigenvalue weighted by atomic mass is 16.3. The summed E-state index contributed by atoms with van der Waals surface area (Å²) in [6.07, 6.45) is 6.78. The summed E-state index contributed by atoms with van der Waals surface area (Å²) < 4.78 is 7.48. The van der Waals surface area contributed by atoms with Crippen LogP contribution < -0.4 is 10.9 Å². The summed E-state index contributed by atoms with van der Waals surface area (Å²) in [5.41, 5.74) is 2.84. The lowest BCUT2D eigenvalue weighted by Gasteiger charge is -2.18. The molecule has 0 unspecified atom stereocenters. The topological polar surface area (TPSA) is 106 Å². The second-order valence-electron chi connectivity index (χ2n) is 8.26. The van der Waals surface area contributed by atoms with Crippen LogP contribution in [0.2, 0.25) is 0 Å². The van der Waals surface area contributed by atoms with Crippen molar-refractivity contribution in [3.8, 4) is 22.6 Å². The second-order valence-corrected chi connectivity index (χ2v) is 8.26. The minimum Gasteiger partial charge on any atom is -0.460 e. The predicted molar refractivity (Wildman–Crippen MR) is 129 cm³/mol. The molecule has 0 saturated heterocycles. The molecule has 0 atom stereocenters. The van der Waals surface area contributed by atoms with Crippen LogP contribution in [0.5, 0.6) is 0 Å². The number of pyridine rings is 2. The lowest BCUT2D eigenvalue weighted by atomic mass is 10.1. The molecule has 4 aromatic rings. The fourth-order valence-electron chi connectivity index (χ4n) is 3.49. The van der Waals surface area contributed by atoms with Crippen molar-refractivity contribution < 1.29 is 9.21 Å². The summed E-state index contributed by atoms with van der Waals surface area (Å²) in [7, 11) is 1.69. The summed E-state index contributed by atoms with van der Waals surface area (Å²) in [5, 5.41) is 2.75. The number of carbonyl (C=O) groups excluding carboxylic acids is 1. The van der Waals surface area contributed by atoms with Crippen molar-refractivity contribution in [3.63, 3.8) is 0 Å². The number of rotatable bonds is 6. The van der Waals surface area contributed by atoms with Crippen LogP contribution in [0.4, 0.5) is 10.7 Å². The molecule has 0 radical (unpaired) electrons. The van der Waals surface area contributed by atoms with Gasteiger partial charge in [-0.25, -0.2) is 14.8 Å². The van der Waals surface area contributed by atoms with Crippen LogP contribution in [0, 0.1) is 6.92 Å². The van der Waals surface area contributed by atoms with E-state index in [9.17, 15) is 9.59 Å². The molecule has 0 spiro atoms. The SMILES string of the molecule is Cc1ccc(-c2nc(NC(=O)N(C)Cc3ccncc3)ncc2-c2ccc(=O)n(C(C)C)c2)o1. The van der Waals surface area contributed by atoms with E-state index >= 15 is 0 Å². The van der Waals surface area contributed by atoms with Crippen LogP contribution in [-0.2, 0) is 6.54 Å². The third-order valence-corrected chi connectivity index (χ3v) is 5.30. The summed E-state index contributed by atoms with van der Waals surface area (Å²) in [6.45, 7) is 6.15. The molecule has 0 saturated carbocycles. The number of nitrogens with one attached hydrogen (secondary N) is 1. The molecule has 4 heterocycles. The average Bonchev–Trinajstić information content (AvgIpc) is 3.26. The summed E-state index contributed by atoms with van der Waals surface area (Å²) in [6, 6.07) is 10.3. The standard InChI is InChI=1S/C25H26N6O3/c1-16(2)31-15-19(6-8-22(31)32)20-13-27-24(28-23(20)21-7-5-17(3)34-21)29-25(33)30(4)14-18-9-11-26-12-10-18/h5-13,15-16H,14H2,1-4H3,(H,27,28,29,33). The van der Waals surface area contributed by atoms with Gasteiger partial charge in [0.25, 0.3) is 5.56 Å². The van der Waals surface area contributed by atoms with E-state index in [1.165, 1.54) is 11.0 Å². The Morgan fingerprint density at radius 2 is 1.91 bits per heavy atom. The van der Waals surface area contributed by atoms with Crippen molar-refractivity contribution in [2.24, 2.45) is 0 Å². The molecular weight excluding hydrogens is 432 g/mol. The van der Waals surface area contributed by atoms with E-state index in [-0.39, 0.29) is 23.6 Å². The number of aryl methyl sites for hydroxylation is 1. The van der Waals surface area contributed by atoms with E-state index in [0.29, 0.717) is 23.6 Å². The van der Waals surface area contributed by atoms with Crippen LogP contribution in [0.1, 0.15) is 31.2 Å². The Bertz CT molecular complexity index is 1360. The van der Waals surface area contributed by atoms with Gasteiger partial charge in [-0.3, -0.25) is 15.1 Å². The molecule has 0 aliphatic heterocycles. The zero-order valence-corrected chi connectivity index (χ0v) is 19.5. The van der Waals surface area contributed by atoms with E-state index < -0.39 is 0 Å². The highest BCUT2D eigenvalue weighted by Crippen LogP contribution is 2.31. The lowest BCUT2D eigenvalue weighted by molar-refractivity contribution is 0.220. The first-order valence-electron chi connectivity index (χ1n) is 10.9. The molecule has 9 heteroatoms. The smallest absolute Gasteiger partial charge is 0.324 e. The molecule has 4 aromatic heterocycles. The molecule has 0 aromatic carbocycles. The zero-order chi connectivity index (χ0) is 24.2. The van der Waals surface area contributed by atoms with E-state index in [0.717, 1.165) is 16.9 Å². The second kappa shape index (κ2) is 9.70. The Balaban J connectivity index is 1.67. The Morgan fingerprint density at radius 1 is 1.15 bits per heavy atom. The first-order valence-corrected chi connectivity index (χ1v) is 10.9. The van der Waals surface area contributed by atoms with Crippen LogP contribution in [0.25, 0.3) is 22.6 Å². The highest BCUT2D eigenvalue weighted by molar-refractivity contribution is 5.88. The monoisotopic (exact) mass is 458 g/mol. The van der Waals surface area contributed by atoms with Crippen LogP contribution in [-0.4, -0.2) is 37.5 Å². The maximum atomic E-state index is 12.7. The van der Waals surface area contributed by atoms with E-state index in [1.54, 1.807) is 42.5 Å². The molecule has 0 fully saturated rings. The molecule has 174 valence electrons. The molecule has 2 amide bonds. The van der Waals surface area contributed by atoms with Crippen LogP contribution >= 0.6 is 0 Å². The van der Waals surface area contributed by atoms with Crippen molar-refractivity contribution >= 4 is 12.0 Å². The number of furan rings is 1. The minimum atomic E-state index is -0.348. The van der Waals surface area contributed by atoms with Gasteiger partial charge in [0, 0.05) is 61.6 Å². The minimum absolute atomic E-state index is 0.00262. The van der Waals surface area contributed by atoms with Crippen molar-refractivity contribution in [2.45, 2.75) is 33.4 Å². The van der Waals surface area contributed by atoms with Crippen LogP contribution in [0.3, 0.4) is 0 Å². The largest absolute Gasteiger partial charge is 0.460 e. The predicted octanol–water partition coefficient (Wildman–Crippen LogP) is 4.51. The van der Waals surface area contributed by atoms with E-state index in [4.69, 9.17) is 4.42 Å². The van der Waals surface area contributed by atoms with Crippen molar-refractivity contribution in [1.29, 1.82) is 0 Å². The number of carbonyl (C=O) groups is 1. The Kier molecular flexibility index (Phi) is 6.53. The number of hydrogen-bond acceptors (Lipinski definition) is 6. The maximum absolute atomic E-state index is 12.7. The third-order valence-electron chi connectivity index (χ3n) is 5.30. The number of amides is 2. The van der Waals surface area contributed by atoms with Crippen molar-refractivity contribution in [3.05, 3.63) is 82.9 Å². The number of aromatic nitrogens is 4. The summed E-state index contributed by atoms with van der Waals surface area (Å²) in [4.78, 5) is 39.5. The molecule has 0 aliphatic carbocycles. The first kappa shape index (κ1) is 22.9. The van der Waals surface area contributed by atoms with Gasteiger partial charge in [-0.1, -0.05) is 0 Å². The number of nitrogens with zero attached hydrogens (tertiary/aromatic N) is 5. The molecule has 0 aliphatic rings. The highest BCUT2D eigenvalue weighted by Gasteiger charge is 2.18. The average molecular weight is 459 g/mol.